The summed E-state index contributed by atoms with van der Waals surface area (Å²) in [6.07, 6.45) is 4.53. The highest BCUT2D eigenvalue weighted by molar-refractivity contribution is 5.91. The second-order valence-corrected chi connectivity index (χ2v) is 8.25. The molecule has 1 aliphatic heterocycles. The third-order valence-corrected chi connectivity index (χ3v) is 6.24. The molecule has 3 heterocycles. The average Bonchev–Trinajstić information content (AvgIpc) is 2.81. The maximum absolute atomic E-state index is 12.7. The first-order valence-corrected chi connectivity index (χ1v) is 11.1. The van der Waals surface area contributed by atoms with Crippen molar-refractivity contribution in [1.82, 2.24) is 19.4 Å². The predicted octanol–water partition coefficient (Wildman–Crippen LogP) is 2.99. The van der Waals surface area contributed by atoms with Gasteiger partial charge in [0.1, 0.15) is 11.2 Å². The number of anilines is 1. The molecule has 0 atom stereocenters. The van der Waals surface area contributed by atoms with Gasteiger partial charge in [0.15, 0.2) is 0 Å². The fourth-order valence-electron chi connectivity index (χ4n) is 4.29. The Balaban J connectivity index is 1.64. The summed E-state index contributed by atoms with van der Waals surface area (Å²) in [5.41, 5.74) is 3.66. The molecule has 2 N–H and O–H groups in total. The van der Waals surface area contributed by atoms with Crippen molar-refractivity contribution in [3.8, 4) is 11.3 Å². The monoisotopic (exact) mass is 421 g/mol. The van der Waals surface area contributed by atoms with Gasteiger partial charge >= 0.3 is 0 Å². The van der Waals surface area contributed by atoms with Gasteiger partial charge in [0.05, 0.1) is 17.5 Å². The molecule has 164 valence electrons. The Hall–Kier alpha value is -2.77. The number of aromatic nitrogens is 3. The summed E-state index contributed by atoms with van der Waals surface area (Å²) in [6, 6.07) is 10.5. The van der Waals surface area contributed by atoms with E-state index in [-0.39, 0.29) is 12.2 Å². The van der Waals surface area contributed by atoms with Crippen LogP contribution in [0.5, 0.6) is 0 Å². The number of hydrogen-bond donors (Lipinski definition) is 2. The normalized spacial score (nSPS) is 15.5. The summed E-state index contributed by atoms with van der Waals surface area (Å²) >= 11 is 0. The van der Waals surface area contributed by atoms with Crippen LogP contribution in [-0.2, 0) is 7.05 Å². The molecule has 1 fully saturated rings. The van der Waals surface area contributed by atoms with E-state index in [2.05, 4.69) is 46.4 Å². The highest BCUT2D eigenvalue weighted by atomic mass is 16.3. The van der Waals surface area contributed by atoms with Crippen LogP contribution in [0, 0.1) is 0 Å². The zero-order valence-electron chi connectivity index (χ0n) is 18.3. The number of fused-ring (bicyclic) bond motifs is 1. The van der Waals surface area contributed by atoms with Gasteiger partial charge in [0, 0.05) is 25.8 Å². The molecule has 0 radical (unpaired) electrons. The van der Waals surface area contributed by atoms with E-state index in [1.807, 2.05) is 6.07 Å². The van der Waals surface area contributed by atoms with Gasteiger partial charge in [0.2, 0.25) is 0 Å². The molecule has 1 saturated heterocycles. The molecule has 0 bridgehead atoms. The number of piperidine rings is 1. The Kier molecular flexibility index (Phi) is 6.63. The molecule has 0 saturated carbocycles. The van der Waals surface area contributed by atoms with Gasteiger partial charge in [-0.05, 0) is 56.4 Å². The van der Waals surface area contributed by atoms with Crippen LogP contribution in [0.15, 0.2) is 41.5 Å². The molecule has 7 heteroatoms. The summed E-state index contributed by atoms with van der Waals surface area (Å²) < 4.78 is 1.46. The number of aliphatic hydroxyl groups excluding tert-OH is 1. The van der Waals surface area contributed by atoms with E-state index in [0.717, 1.165) is 17.8 Å². The van der Waals surface area contributed by atoms with Gasteiger partial charge in [-0.1, -0.05) is 31.2 Å². The van der Waals surface area contributed by atoms with Gasteiger partial charge in [-0.3, -0.25) is 4.79 Å². The molecule has 1 aliphatic rings. The fourth-order valence-corrected chi connectivity index (χ4v) is 4.29. The lowest BCUT2D eigenvalue weighted by atomic mass is 9.89. The van der Waals surface area contributed by atoms with E-state index in [9.17, 15) is 4.79 Å². The van der Waals surface area contributed by atoms with Crippen molar-refractivity contribution in [2.75, 3.05) is 38.1 Å². The Bertz CT molecular complexity index is 1090. The van der Waals surface area contributed by atoms with E-state index in [1.165, 1.54) is 42.4 Å². The molecule has 31 heavy (non-hydrogen) atoms. The lowest BCUT2D eigenvalue weighted by Gasteiger charge is -2.31. The fraction of sp³-hybridized carbons (Fsp3) is 0.458. The highest BCUT2D eigenvalue weighted by Crippen LogP contribution is 2.30. The smallest absolute Gasteiger partial charge is 0.264 e. The average molecular weight is 422 g/mol. The minimum atomic E-state index is -0.135. The van der Waals surface area contributed by atoms with Crippen molar-refractivity contribution in [3.63, 3.8) is 0 Å². The quantitative estimate of drug-likeness (QED) is 0.571. The molecule has 1 aromatic carbocycles. The Morgan fingerprint density at radius 3 is 2.61 bits per heavy atom. The number of nitrogens with zero attached hydrogens (tertiary/aromatic N) is 4. The maximum atomic E-state index is 12.7. The van der Waals surface area contributed by atoms with Gasteiger partial charge < -0.3 is 19.9 Å². The first-order chi connectivity index (χ1) is 15.1. The van der Waals surface area contributed by atoms with Crippen molar-refractivity contribution < 1.29 is 5.11 Å². The molecule has 2 aromatic heterocycles. The van der Waals surface area contributed by atoms with E-state index >= 15 is 0 Å². The van der Waals surface area contributed by atoms with E-state index in [1.54, 1.807) is 7.05 Å². The van der Waals surface area contributed by atoms with E-state index in [4.69, 9.17) is 10.1 Å². The largest absolute Gasteiger partial charge is 0.396 e. The van der Waals surface area contributed by atoms with E-state index in [0.29, 0.717) is 35.6 Å². The van der Waals surface area contributed by atoms with Crippen molar-refractivity contribution in [2.45, 2.75) is 32.1 Å². The van der Waals surface area contributed by atoms with Crippen molar-refractivity contribution in [3.05, 3.63) is 52.6 Å². The third kappa shape index (κ3) is 4.62. The topological polar surface area (TPSA) is 83.3 Å². The number of nitrogens with one attached hydrogen (secondary N) is 1. The van der Waals surface area contributed by atoms with Gasteiger partial charge in [0.25, 0.3) is 5.56 Å². The van der Waals surface area contributed by atoms with Crippen LogP contribution in [0.25, 0.3) is 22.2 Å². The van der Waals surface area contributed by atoms with Crippen LogP contribution in [-0.4, -0.2) is 57.3 Å². The minimum Gasteiger partial charge on any atom is -0.396 e. The van der Waals surface area contributed by atoms with Crippen LogP contribution < -0.4 is 10.9 Å². The summed E-state index contributed by atoms with van der Waals surface area (Å²) in [5, 5.41) is 12.8. The lowest BCUT2D eigenvalue weighted by Crippen LogP contribution is -2.32. The molecule has 0 spiro atoms. The Labute approximate surface area is 182 Å². The second-order valence-electron chi connectivity index (χ2n) is 8.25. The van der Waals surface area contributed by atoms with Crippen molar-refractivity contribution in [1.29, 1.82) is 0 Å². The number of rotatable bonds is 7. The predicted molar refractivity (Wildman–Crippen MR) is 124 cm³/mol. The number of likely N-dealkylation sites (tertiary alicyclic amines) is 1. The number of hydrogen-bond acceptors (Lipinski definition) is 6. The standard InChI is InChI=1S/C24H31N5O2/c1-3-29-12-9-18(10-13-29)17-5-7-19(8-6-17)20-15-21-22(24(31)28(2)16-26-21)23(27-20)25-11-4-14-30/h5-8,15-16,18,30H,3-4,9-14H2,1-2H3,(H,25,27). The van der Waals surface area contributed by atoms with E-state index < -0.39 is 0 Å². The highest BCUT2D eigenvalue weighted by Gasteiger charge is 2.20. The molecule has 0 aliphatic carbocycles. The van der Waals surface area contributed by atoms with Crippen molar-refractivity contribution >= 4 is 16.7 Å². The summed E-state index contributed by atoms with van der Waals surface area (Å²) in [6.45, 7) is 6.31. The molecule has 0 amide bonds. The number of aliphatic hydroxyl groups is 1. The van der Waals surface area contributed by atoms with Crippen LogP contribution in [0.4, 0.5) is 5.82 Å². The summed E-state index contributed by atoms with van der Waals surface area (Å²) in [4.78, 5) is 24.4. The minimum absolute atomic E-state index is 0.0829. The summed E-state index contributed by atoms with van der Waals surface area (Å²) in [5.74, 6) is 1.13. The van der Waals surface area contributed by atoms with Crippen LogP contribution in [0.2, 0.25) is 0 Å². The van der Waals surface area contributed by atoms with Gasteiger partial charge in [-0.2, -0.15) is 0 Å². The number of benzene rings is 1. The zero-order chi connectivity index (χ0) is 21.8. The maximum Gasteiger partial charge on any atom is 0.264 e. The van der Waals surface area contributed by atoms with Crippen molar-refractivity contribution in [2.24, 2.45) is 7.05 Å². The van der Waals surface area contributed by atoms with Crippen LogP contribution in [0.3, 0.4) is 0 Å². The van der Waals surface area contributed by atoms with Gasteiger partial charge in [-0.15, -0.1) is 0 Å². The summed E-state index contributed by atoms with van der Waals surface area (Å²) in [7, 11) is 1.68. The third-order valence-electron chi connectivity index (χ3n) is 6.24. The van der Waals surface area contributed by atoms with Gasteiger partial charge in [-0.25, -0.2) is 9.97 Å². The first kappa shape index (κ1) is 21.5. The molecule has 3 aromatic rings. The SMILES string of the molecule is CCN1CCC(c2ccc(-c3cc4ncn(C)c(=O)c4c(NCCCO)n3)cc2)CC1. The van der Waals surface area contributed by atoms with Crippen LogP contribution >= 0.6 is 0 Å². The molecule has 0 unspecified atom stereocenters. The Morgan fingerprint density at radius 1 is 1.19 bits per heavy atom. The molecular weight excluding hydrogens is 390 g/mol. The molecule has 7 nitrogen and oxygen atoms in total. The molecular formula is C24H31N5O2. The lowest BCUT2D eigenvalue weighted by molar-refractivity contribution is 0.222. The molecule has 4 rings (SSSR count). The number of pyridine rings is 1. The van der Waals surface area contributed by atoms with Crippen LogP contribution in [0.1, 0.15) is 37.7 Å². The second kappa shape index (κ2) is 9.58. The number of aryl methyl sites for hydroxylation is 1. The Morgan fingerprint density at radius 2 is 1.94 bits per heavy atom. The zero-order valence-corrected chi connectivity index (χ0v) is 18.3. The first-order valence-electron chi connectivity index (χ1n) is 11.1.